The highest BCUT2D eigenvalue weighted by Gasteiger charge is 2.15. The first-order chi connectivity index (χ1) is 11.9. The van der Waals surface area contributed by atoms with Gasteiger partial charge in [0.25, 0.3) is 5.56 Å². The molecule has 130 valence electrons. The fraction of sp³-hybridized carbons (Fsp3) is 0.333. The van der Waals surface area contributed by atoms with Crippen LogP contribution in [0.5, 0.6) is 0 Å². The van der Waals surface area contributed by atoms with E-state index in [-0.39, 0.29) is 24.1 Å². The molecule has 0 aliphatic carbocycles. The minimum absolute atomic E-state index is 0.137. The smallest absolute Gasteiger partial charge is 0.295 e. The van der Waals surface area contributed by atoms with Crippen LogP contribution < -0.4 is 10.9 Å². The highest BCUT2D eigenvalue weighted by molar-refractivity contribution is 5.78. The summed E-state index contributed by atoms with van der Waals surface area (Å²) in [5.74, 6) is -0.266. The fourth-order valence-electron chi connectivity index (χ4n) is 2.88. The third-order valence-corrected chi connectivity index (χ3v) is 4.24. The van der Waals surface area contributed by atoms with Gasteiger partial charge in [0, 0.05) is 7.05 Å². The molecule has 0 fully saturated rings. The van der Waals surface area contributed by atoms with Gasteiger partial charge in [0.05, 0.1) is 23.6 Å². The Kier molecular flexibility index (Phi) is 4.39. The second-order valence-corrected chi connectivity index (χ2v) is 6.30. The van der Waals surface area contributed by atoms with Crippen LogP contribution in [0, 0.1) is 13.8 Å². The lowest BCUT2D eigenvalue weighted by Crippen LogP contribution is -2.35. The number of nitrogens with zero attached hydrogens (tertiary/aromatic N) is 4. The molecule has 3 aromatic rings. The summed E-state index contributed by atoms with van der Waals surface area (Å²) in [6.45, 7) is 5.59. The van der Waals surface area contributed by atoms with Crippen LogP contribution in [0.1, 0.15) is 29.8 Å². The summed E-state index contributed by atoms with van der Waals surface area (Å²) in [6, 6.07) is 7.82. The molecule has 0 spiro atoms. The van der Waals surface area contributed by atoms with Crippen LogP contribution in [0.25, 0.3) is 11.0 Å². The van der Waals surface area contributed by atoms with Gasteiger partial charge in [-0.05, 0) is 26.3 Å². The zero-order chi connectivity index (χ0) is 18.1. The second kappa shape index (κ2) is 6.51. The monoisotopic (exact) mass is 339 g/mol. The van der Waals surface area contributed by atoms with Crippen LogP contribution >= 0.6 is 0 Å². The SMILES string of the molecule is Cc1ccc(C(C)NC(=O)Cn2nc(C)c3c(ncn3C)c2=O)cc1. The molecule has 0 saturated heterocycles. The molecule has 3 rings (SSSR count). The van der Waals surface area contributed by atoms with E-state index in [1.54, 1.807) is 17.8 Å². The van der Waals surface area contributed by atoms with E-state index < -0.39 is 0 Å². The topological polar surface area (TPSA) is 81.8 Å². The van der Waals surface area contributed by atoms with Crippen molar-refractivity contribution in [1.29, 1.82) is 0 Å². The molecule has 1 atom stereocenters. The van der Waals surface area contributed by atoms with Crippen molar-refractivity contribution in [3.8, 4) is 0 Å². The molecule has 0 aliphatic heterocycles. The number of aromatic nitrogens is 4. The quantitative estimate of drug-likeness (QED) is 0.783. The first kappa shape index (κ1) is 16.9. The van der Waals surface area contributed by atoms with Crippen LogP contribution in [0.2, 0.25) is 0 Å². The number of carbonyl (C=O) groups excluding carboxylic acids is 1. The van der Waals surface area contributed by atoms with Crippen molar-refractivity contribution in [2.75, 3.05) is 0 Å². The Labute approximate surface area is 145 Å². The molecule has 1 aromatic carbocycles. The largest absolute Gasteiger partial charge is 0.348 e. The molecule has 1 unspecified atom stereocenters. The van der Waals surface area contributed by atoms with Gasteiger partial charge in [-0.2, -0.15) is 5.10 Å². The van der Waals surface area contributed by atoms with Gasteiger partial charge in [0.2, 0.25) is 5.91 Å². The van der Waals surface area contributed by atoms with Gasteiger partial charge in [-0.1, -0.05) is 29.8 Å². The van der Waals surface area contributed by atoms with Gasteiger partial charge in [-0.15, -0.1) is 0 Å². The number of hydrogen-bond donors (Lipinski definition) is 1. The predicted molar refractivity (Wildman–Crippen MR) is 95.2 cm³/mol. The normalized spacial score (nSPS) is 12.3. The number of hydrogen-bond acceptors (Lipinski definition) is 4. The molecule has 25 heavy (non-hydrogen) atoms. The van der Waals surface area contributed by atoms with Crippen molar-refractivity contribution in [3.63, 3.8) is 0 Å². The zero-order valence-electron chi connectivity index (χ0n) is 14.8. The minimum Gasteiger partial charge on any atom is -0.348 e. The second-order valence-electron chi connectivity index (χ2n) is 6.30. The van der Waals surface area contributed by atoms with Crippen molar-refractivity contribution in [2.45, 2.75) is 33.4 Å². The van der Waals surface area contributed by atoms with Crippen LogP contribution in [0.15, 0.2) is 35.4 Å². The summed E-state index contributed by atoms with van der Waals surface area (Å²) in [7, 11) is 1.81. The molecular weight excluding hydrogens is 318 g/mol. The summed E-state index contributed by atoms with van der Waals surface area (Å²) < 4.78 is 2.92. The van der Waals surface area contributed by atoms with Crippen molar-refractivity contribution >= 4 is 16.9 Å². The number of amides is 1. The number of aryl methyl sites for hydroxylation is 3. The van der Waals surface area contributed by atoms with E-state index in [4.69, 9.17) is 0 Å². The van der Waals surface area contributed by atoms with E-state index in [1.165, 1.54) is 4.68 Å². The van der Waals surface area contributed by atoms with Gasteiger partial charge in [-0.3, -0.25) is 9.59 Å². The van der Waals surface area contributed by atoms with Crippen LogP contribution in [-0.4, -0.2) is 25.2 Å². The van der Waals surface area contributed by atoms with Crippen molar-refractivity contribution < 1.29 is 4.79 Å². The molecule has 2 aromatic heterocycles. The summed E-state index contributed by atoms with van der Waals surface area (Å²) in [6.07, 6.45) is 1.57. The maximum atomic E-state index is 12.5. The number of carbonyl (C=O) groups is 1. The lowest BCUT2D eigenvalue weighted by Gasteiger charge is -2.15. The first-order valence-corrected chi connectivity index (χ1v) is 8.11. The molecule has 1 amide bonds. The Balaban J connectivity index is 1.79. The summed E-state index contributed by atoms with van der Waals surface area (Å²) in [5, 5.41) is 7.15. The van der Waals surface area contributed by atoms with Gasteiger partial charge >= 0.3 is 0 Å². The predicted octanol–water partition coefficient (Wildman–Crippen LogP) is 1.62. The van der Waals surface area contributed by atoms with E-state index in [2.05, 4.69) is 15.4 Å². The maximum Gasteiger partial charge on any atom is 0.295 e. The van der Waals surface area contributed by atoms with E-state index in [9.17, 15) is 9.59 Å². The summed E-state index contributed by atoms with van der Waals surface area (Å²) in [5.41, 5.74) is 3.49. The first-order valence-electron chi connectivity index (χ1n) is 8.11. The highest BCUT2D eigenvalue weighted by Crippen LogP contribution is 2.13. The van der Waals surface area contributed by atoms with E-state index in [0.717, 1.165) is 11.1 Å². The van der Waals surface area contributed by atoms with Gasteiger partial charge < -0.3 is 9.88 Å². The third kappa shape index (κ3) is 3.31. The molecule has 1 N–H and O–H groups in total. The Hall–Kier alpha value is -2.96. The molecule has 0 saturated carbocycles. The minimum atomic E-state index is -0.362. The number of nitrogens with one attached hydrogen (secondary N) is 1. The number of rotatable bonds is 4. The Morgan fingerprint density at radius 1 is 1.24 bits per heavy atom. The van der Waals surface area contributed by atoms with Crippen LogP contribution in [-0.2, 0) is 18.4 Å². The average molecular weight is 339 g/mol. The molecule has 0 radical (unpaired) electrons. The van der Waals surface area contributed by atoms with E-state index >= 15 is 0 Å². The molecule has 7 nitrogen and oxygen atoms in total. The van der Waals surface area contributed by atoms with Crippen molar-refractivity contribution in [2.24, 2.45) is 7.05 Å². The van der Waals surface area contributed by atoms with Gasteiger partial charge in [0.1, 0.15) is 6.54 Å². The standard InChI is InChI=1S/C18H21N5O2/c1-11-5-7-14(8-6-11)12(2)20-15(24)9-23-18(25)16-17(13(3)21-23)22(4)10-19-16/h5-8,10,12H,9H2,1-4H3,(H,20,24). The van der Waals surface area contributed by atoms with Crippen LogP contribution in [0.4, 0.5) is 0 Å². The number of fused-ring (bicyclic) bond motifs is 1. The summed E-state index contributed by atoms with van der Waals surface area (Å²) >= 11 is 0. The van der Waals surface area contributed by atoms with Gasteiger partial charge in [-0.25, -0.2) is 9.67 Å². The lowest BCUT2D eigenvalue weighted by molar-refractivity contribution is -0.122. The fourth-order valence-corrected chi connectivity index (χ4v) is 2.88. The number of benzene rings is 1. The highest BCUT2D eigenvalue weighted by atomic mass is 16.2. The van der Waals surface area contributed by atoms with E-state index in [1.807, 2.05) is 45.2 Å². The van der Waals surface area contributed by atoms with Gasteiger partial charge in [0.15, 0.2) is 5.52 Å². The molecule has 0 bridgehead atoms. The molecule has 7 heteroatoms. The maximum absolute atomic E-state index is 12.5. The Morgan fingerprint density at radius 2 is 1.92 bits per heavy atom. The molecule has 0 aliphatic rings. The van der Waals surface area contributed by atoms with Crippen LogP contribution in [0.3, 0.4) is 0 Å². The summed E-state index contributed by atoms with van der Waals surface area (Å²) in [4.78, 5) is 28.9. The van der Waals surface area contributed by atoms with E-state index in [0.29, 0.717) is 16.7 Å². The third-order valence-electron chi connectivity index (χ3n) is 4.24. The Bertz CT molecular complexity index is 985. The lowest BCUT2D eigenvalue weighted by atomic mass is 10.1. The molecule has 2 heterocycles. The average Bonchev–Trinajstić information content (AvgIpc) is 2.95. The Morgan fingerprint density at radius 3 is 2.60 bits per heavy atom. The van der Waals surface area contributed by atoms with Crippen molar-refractivity contribution in [3.05, 3.63) is 57.8 Å². The molecular formula is C18H21N5O2. The van der Waals surface area contributed by atoms with Crippen molar-refractivity contribution in [1.82, 2.24) is 24.6 Å². The zero-order valence-corrected chi connectivity index (χ0v) is 14.8. The number of imidazole rings is 1.